The fourth-order valence-electron chi connectivity index (χ4n) is 0.634. The van der Waals surface area contributed by atoms with E-state index in [0.717, 1.165) is 6.21 Å². The van der Waals surface area contributed by atoms with Crippen molar-refractivity contribution in [3.8, 4) is 0 Å². The molecule has 0 aromatic carbocycles. The molecule has 0 aliphatic carbocycles. The Kier molecular flexibility index (Phi) is 3.64. The molecule has 0 rings (SSSR count). The first-order chi connectivity index (χ1) is 4.57. The zero-order valence-electron chi connectivity index (χ0n) is 5.87. The van der Waals surface area contributed by atoms with Crippen LogP contribution in [0.5, 0.6) is 0 Å². The van der Waals surface area contributed by atoms with Crippen LogP contribution in [-0.4, -0.2) is 23.3 Å². The minimum atomic E-state index is -0.625. The molecule has 0 aromatic heterocycles. The molecule has 0 aromatic rings. The van der Waals surface area contributed by atoms with Gasteiger partial charge in [0.25, 0.3) is 0 Å². The van der Waals surface area contributed by atoms with Gasteiger partial charge in [-0.25, -0.2) is 0 Å². The van der Waals surface area contributed by atoms with Crippen LogP contribution >= 0.6 is 0 Å². The molecule has 1 unspecified atom stereocenters. The molecule has 0 aliphatic rings. The maximum absolute atomic E-state index is 10.4. The van der Waals surface area contributed by atoms with Crippen LogP contribution in [0.2, 0.25) is 0 Å². The third kappa shape index (κ3) is 3.19. The van der Waals surface area contributed by atoms with Crippen molar-refractivity contribution < 1.29 is 9.90 Å². The van der Waals surface area contributed by atoms with E-state index in [-0.39, 0.29) is 6.42 Å². The topological polar surface area (TPSA) is 87.2 Å². The highest BCUT2D eigenvalue weighted by molar-refractivity contribution is 5.91. The Hall–Kier alpha value is -0.900. The second-order valence-electron chi connectivity index (χ2n) is 2.26. The average Bonchev–Trinajstić information content (AvgIpc) is 1.81. The van der Waals surface area contributed by atoms with Crippen LogP contribution in [0.15, 0.2) is 0 Å². The van der Waals surface area contributed by atoms with E-state index in [4.69, 9.17) is 16.2 Å². The Bertz CT molecular complexity index is 134. The molecule has 0 saturated carbocycles. The van der Waals surface area contributed by atoms with Crippen LogP contribution in [-0.2, 0) is 4.79 Å². The first-order valence-electron chi connectivity index (χ1n) is 3.06. The molecule has 1 amide bonds. The summed E-state index contributed by atoms with van der Waals surface area (Å²) in [5.74, 6) is -1.18. The zero-order valence-corrected chi connectivity index (χ0v) is 5.87. The minimum Gasteiger partial charge on any atom is -0.393 e. The van der Waals surface area contributed by atoms with Gasteiger partial charge in [0.15, 0.2) is 0 Å². The van der Waals surface area contributed by atoms with E-state index in [9.17, 15) is 4.79 Å². The molecule has 0 radical (unpaired) electrons. The van der Waals surface area contributed by atoms with E-state index in [0.29, 0.717) is 0 Å². The fraction of sp³-hybridized carbons (Fsp3) is 0.667. The predicted octanol–water partition coefficient (Wildman–Crippen LogP) is -0.492. The molecule has 10 heavy (non-hydrogen) atoms. The summed E-state index contributed by atoms with van der Waals surface area (Å²) in [4.78, 5) is 10.4. The summed E-state index contributed by atoms with van der Waals surface area (Å²) >= 11 is 0. The van der Waals surface area contributed by atoms with Gasteiger partial charge in [0, 0.05) is 6.21 Å². The summed E-state index contributed by atoms with van der Waals surface area (Å²) in [6.07, 6.45) is 0.604. The number of carbonyl (C=O) groups excluding carboxylic acids is 1. The Morgan fingerprint density at radius 3 is 2.50 bits per heavy atom. The van der Waals surface area contributed by atoms with Crippen LogP contribution in [0.1, 0.15) is 13.3 Å². The van der Waals surface area contributed by atoms with Crippen molar-refractivity contribution in [3.05, 3.63) is 0 Å². The number of primary amides is 1. The number of amides is 1. The van der Waals surface area contributed by atoms with Crippen molar-refractivity contribution in [2.75, 3.05) is 0 Å². The molecule has 0 spiro atoms. The van der Waals surface area contributed by atoms with Crippen LogP contribution in [0.25, 0.3) is 0 Å². The van der Waals surface area contributed by atoms with E-state index in [1.807, 2.05) is 0 Å². The van der Waals surface area contributed by atoms with Gasteiger partial charge in [-0.3, -0.25) is 4.79 Å². The Morgan fingerprint density at radius 2 is 2.40 bits per heavy atom. The lowest BCUT2D eigenvalue weighted by molar-refractivity contribution is -0.120. The van der Waals surface area contributed by atoms with Gasteiger partial charge in [-0.2, -0.15) is 0 Å². The molecule has 2 atom stereocenters. The van der Waals surface area contributed by atoms with Crippen LogP contribution < -0.4 is 5.73 Å². The first-order valence-corrected chi connectivity index (χ1v) is 3.06. The van der Waals surface area contributed by atoms with E-state index < -0.39 is 17.9 Å². The van der Waals surface area contributed by atoms with E-state index in [1.54, 1.807) is 6.92 Å². The van der Waals surface area contributed by atoms with Gasteiger partial charge < -0.3 is 16.2 Å². The lowest BCUT2D eigenvalue weighted by atomic mass is 10.0. The Labute approximate surface area is 59.5 Å². The second kappa shape index (κ2) is 4.00. The molecule has 0 aliphatic heterocycles. The largest absolute Gasteiger partial charge is 0.393 e. The van der Waals surface area contributed by atoms with Gasteiger partial charge in [-0.1, -0.05) is 0 Å². The minimum absolute atomic E-state index is 0.235. The highest BCUT2D eigenvalue weighted by atomic mass is 16.3. The highest BCUT2D eigenvalue weighted by Gasteiger charge is 2.13. The van der Waals surface area contributed by atoms with Crippen LogP contribution in [0.3, 0.4) is 0 Å². The summed E-state index contributed by atoms with van der Waals surface area (Å²) in [6.45, 7) is 1.56. The third-order valence-corrected chi connectivity index (χ3v) is 1.16. The van der Waals surface area contributed by atoms with Gasteiger partial charge in [0.2, 0.25) is 5.91 Å². The molecule has 0 saturated heterocycles. The van der Waals surface area contributed by atoms with E-state index in [2.05, 4.69) is 0 Å². The van der Waals surface area contributed by atoms with E-state index in [1.165, 1.54) is 0 Å². The average molecular weight is 144 g/mol. The summed E-state index contributed by atoms with van der Waals surface area (Å²) in [5.41, 5.74) is 4.89. The summed E-state index contributed by atoms with van der Waals surface area (Å²) in [5, 5.41) is 15.5. The number of hydrogen-bond donors (Lipinski definition) is 3. The van der Waals surface area contributed by atoms with Crippen molar-refractivity contribution in [2.45, 2.75) is 19.4 Å². The molecular formula is C6H12N2O2. The van der Waals surface area contributed by atoms with Gasteiger partial charge in [0.05, 0.1) is 12.0 Å². The van der Waals surface area contributed by atoms with Crippen LogP contribution in [0.4, 0.5) is 0 Å². The number of aliphatic hydroxyl groups excluding tert-OH is 1. The van der Waals surface area contributed by atoms with Crippen molar-refractivity contribution in [1.82, 2.24) is 0 Å². The standard InChI is InChI=1S/C6H12N2O2/c1-4(9)2-5(3-7)6(8)10/h3-5,7,9H,2H2,1H3,(H2,8,10)/t4?,5-/m0/s1. The molecule has 4 nitrogen and oxygen atoms in total. The molecule has 4 heteroatoms. The monoisotopic (exact) mass is 144 g/mol. The Balaban J connectivity index is 3.83. The molecular weight excluding hydrogens is 132 g/mol. The molecule has 0 fully saturated rings. The van der Waals surface area contributed by atoms with Crippen molar-refractivity contribution in [3.63, 3.8) is 0 Å². The SMILES string of the molecule is CC(O)C[C@@H](C=N)C(N)=O. The maximum Gasteiger partial charge on any atom is 0.225 e. The van der Waals surface area contributed by atoms with E-state index >= 15 is 0 Å². The van der Waals surface area contributed by atoms with Crippen molar-refractivity contribution in [1.29, 1.82) is 5.41 Å². The zero-order chi connectivity index (χ0) is 8.15. The van der Waals surface area contributed by atoms with Gasteiger partial charge in [0.1, 0.15) is 0 Å². The third-order valence-electron chi connectivity index (χ3n) is 1.16. The number of aliphatic hydroxyl groups is 1. The number of hydrogen-bond acceptors (Lipinski definition) is 3. The van der Waals surface area contributed by atoms with Gasteiger partial charge in [-0.05, 0) is 13.3 Å². The molecule has 0 heterocycles. The fourth-order valence-corrected chi connectivity index (χ4v) is 0.634. The summed E-state index contributed by atoms with van der Waals surface area (Å²) in [7, 11) is 0. The van der Waals surface area contributed by atoms with Crippen molar-refractivity contribution >= 4 is 12.1 Å². The molecule has 0 bridgehead atoms. The number of nitrogens with one attached hydrogen (secondary N) is 1. The number of rotatable bonds is 4. The summed E-state index contributed by atoms with van der Waals surface area (Å²) < 4.78 is 0. The number of nitrogens with two attached hydrogens (primary N) is 1. The normalized spacial score (nSPS) is 15.8. The number of carbonyl (C=O) groups is 1. The Morgan fingerprint density at radius 1 is 1.90 bits per heavy atom. The lowest BCUT2D eigenvalue weighted by Gasteiger charge is -2.08. The molecule has 4 N–H and O–H groups in total. The second-order valence-corrected chi connectivity index (χ2v) is 2.26. The summed E-state index contributed by atoms with van der Waals surface area (Å²) in [6, 6.07) is 0. The first kappa shape index (κ1) is 9.10. The smallest absolute Gasteiger partial charge is 0.225 e. The highest BCUT2D eigenvalue weighted by Crippen LogP contribution is 2.02. The van der Waals surface area contributed by atoms with Gasteiger partial charge >= 0.3 is 0 Å². The molecule has 58 valence electrons. The van der Waals surface area contributed by atoms with Crippen LogP contribution in [0, 0.1) is 11.3 Å². The van der Waals surface area contributed by atoms with Gasteiger partial charge in [-0.15, -0.1) is 0 Å². The predicted molar refractivity (Wildman–Crippen MR) is 37.8 cm³/mol. The lowest BCUT2D eigenvalue weighted by Crippen LogP contribution is -2.27. The maximum atomic E-state index is 10.4. The quantitative estimate of drug-likeness (QED) is 0.465. The van der Waals surface area contributed by atoms with Crippen molar-refractivity contribution in [2.24, 2.45) is 11.7 Å².